The van der Waals surface area contributed by atoms with Gasteiger partial charge in [-0.1, -0.05) is 116 Å². The maximum Gasteiger partial charge on any atom is 0.0462 e. The van der Waals surface area contributed by atoms with Gasteiger partial charge >= 0.3 is 0 Å². The normalized spacial score (nSPS) is 31.4. The topological polar surface area (TPSA) is 3.24 Å². The summed E-state index contributed by atoms with van der Waals surface area (Å²) in [5, 5.41) is 2.58. The molecule has 13 rings (SSSR count). The SMILES string of the molecule is CC12CC3CC4C5CC(CC41)CC2(c1ccc(N(c2ccc(-c4ccccc4)cc2)c2ccc(-c4cccc6ccccc46)cc2)cc1)C5C3. The zero-order valence-electron chi connectivity index (χ0n) is 29.0. The number of benzene rings is 6. The van der Waals surface area contributed by atoms with Crippen LogP contribution in [-0.4, -0.2) is 0 Å². The first-order chi connectivity index (χ1) is 24.6. The van der Waals surface area contributed by atoms with Gasteiger partial charge in [0.15, 0.2) is 0 Å². The van der Waals surface area contributed by atoms with E-state index in [0.29, 0.717) is 10.8 Å². The van der Waals surface area contributed by atoms with Crippen molar-refractivity contribution in [3.05, 3.63) is 151 Å². The van der Waals surface area contributed by atoms with E-state index in [-0.39, 0.29) is 0 Å². The van der Waals surface area contributed by atoms with Crippen molar-refractivity contribution in [3.63, 3.8) is 0 Å². The van der Waals surface area contributed by atoms with E-state index in [2.05, 4.69) is 157 Å². The quantitative estimate of drug-likeness (QED) is 0.174. The molecule has 8 atom stereocenters. The molecule has 6 aromatic rings. The van der Waals surface area contributed by atoms with E-state index in [0.717, 1.165) is 35.5 Å². The lowest BCUT2D eigenvalue weighted by Gasteiger charge is -2.79. The fourth-order valence-corrected chi connectivity index (χ4v) is 13.2. The van der Waals surface area contributed by atoms with E-state index in [4.69, 9.17) is 0 Å². The van der Waals surface area contributed by atoms with Crippen molar-refractivity contribution in [2.75, 3.05) is 4.90 Å². The van der Waals surface area contributed by atoms with Crippen LogP contribution in [0.1, 0.15) is 51.0 Å². The second-order valence-corrected chi connectivity index (χ2v) is 16.9. The molecule has 1 nitrogen and oxygen atoms in total. The molecule has 0 aliphatic heterocycles. The summed E-state index contributed by atoms with van der Waals surface area (Å²) in [6.07, 6.45) is 8.96. The van der Waals surface area contributed by atoms with Crippen LogP contribution in [0.5, 0.6) is 0 Å². The van der Waals surface area contributed by atoms with E-state index < -0.39 is 0 Å². The van der Waals surface area contributed by atoms with Gasteiger partial charge in [-0.25, -0.2) is 0 Å². The second kappa shape index (κ2) is 10.7. The predicted molar refractivity (Wildman–Crippen MR) is 208 cm³/mol. The summed E-state index contributed by atoms with van der Waals surface area (Å²) in [6.45, 7) is 2.74. The fraction of sp³-hybridized carbons (Fsp3) is 0.306. The monoisotopic (exact) mass is 647 g/mol. The Balaban J connectivity index is 0.995. The molecule has 8 bridgehead atoms. The Labute approximate surface area is 297 Å². The van der Waals surface area contributed by atoms with Crippen LogP contribution in [0.2, 0.25) is 0 Å². The molecule has 0 aromatic heterocycles. The number of nitrogens with zero attached hydrogens (tertiary/aromatic N) is 1. The van der Waals surface area contributed by atoms with Gasteiger partial charge in [0.1, 0.15) is 0 Å². The molecular formula is C49H45N. The zero-order valence-corrected chi connectivity index (χ0v) is 29.0. The minimum Gasteiger partial charge on any atom is -0.311 e. The molecule has 0 N–H and O–H groups in total. The van der Waals surface area contributed by atoms with Gasteiger partial charge in [0, 0.05) is 22.5 Å². The van der Waals surface area contributed by atoms with Crippen LogP contribution in [0.4, 0.5) is 17.1 Å². The Morgan fingerprint density at radius 2 is 1.04 bits per heavy atom. The number of rotatable bonds is 6. The standard InChI is InChI=1S/C49H45N/c1-48-30-32-26-44-45-27-33(28-46(44)48)31-49(48,47(45)29-32)38-18-24-41(25-19-38)50(39-20-14-35(15-21-39)34-8-3-2-4-9-34)40-22-16-37(17-23-40)43-13-7-11-36-10-5-6-12-42(36)43/h2-25,32-33,44-47H,26-31H2,1H3. The molecule has 0 amide bonds. The van der Waals surface area contributed by atoms with Gasteiger partial charge in [0.05, 0.1) is 0 Å². The summed E-state index contributed by atoms with van der Waals surface area (Å²) < 4.78 is 0. The summed E-state index contributed by atoms with van der Waals surface area (Å²) in [5.74, 6) is 5.78. The molecule has 0 saturated heterocycles. The molecule has 1 heteroatoms. The summed E-state index contributed by atoms with van der Waals surface area (Å²) in [5.41, 5.74) is 11.1. The van der Waals surface area contributed by atoms with E-state index in [9.17, 15) is 0 Å². The van der Waals surface area contributed by atoms with Crippen LogP contribution in [0.25, 0.3) is 33.0 Å². The van der Waals surface area contributed by atoms with Crippen LogP contribution >= 0.6 is 0 Å². The molecule has 246 valence electrons. The minimum absolute atomic E-state index is 0.373. The highest BCUT2D eigenvalue weighted by Gasteiger charge is 2.74. The van der Waals surface area contributed by atoms with Gasteiger partial charge in [0.25, 0.3) is 0 Å². The van der Waals surface area contributed by atoms with Gasteiger partial charge in [-0.15, -0.1) is 0 Å². The van der Waals surface area contributed by atoms with Gasteiger partial charge in [0.2, 0.25) is 0 Å². The molecule has 8 unspecified atom stereocenters. The van der Waals surface area contributed by atoms with Crippen molar-refractivity contribution in [1.29, 1.82) is 0 Å². The summed E-state index contributed by atoms with van der Waals surface area (Å²) >= 11 is 0. The third-order valence-electron chi connectivity index (χ3n) is 14.9. The highest BCUT2D eigenvalue weighted by molar-refractivity contribution is 5.97. The second-order valence-electron chi connectivity index (χ2n) is 16.9. The number of anilines is 3. The van der Waals surface area contributed by atoms with Crippen molar-refractivity contribution >= 4 is 27.8 Å². The van der Waals surface area contributed by atoms with E-state index in [1.54, 1.807) is 12.0 Å². The lowest BCUT2D eigenvalue weighted by molar-refractivity contribution is -0.266. The molecule has 50 heavy (non-hydrogen) atoms. The Morgan fingerprint density at radius 1 is 0.480 bits per heavy atom. The fourth-order valence-electron chi connectivity index (χ4n) is 13.2. The number of hydrogen-bond acceptors (Lipinski definition) is 1. The lowest BCUT2D eigenvalue weighted by atomic mass is 9.25. The highest BCUT2D eigenvalue weighted by atomic mass is 15.1. The van der Waals surface area contributed by atoms with Crippen LogP contribution in [-0.2, 0) is 5.41 Å². The Morgan fingerprint density at radius 3 is 1.78 bits per heavy atom. The Bertz CT molecular complexity index is 2210. The molecule has 7 aliphatic carbocycles. The maximum absolute atomic E-state index is 2.74. The number of hydrogen-bond donors (Lipinski definition) is 0. The van der Waals surface area contributed by atoms with Gasteiger partial charge < -0.3 is 4.90 Å². The predicted octanol–water partition coefficient (Wildman–Crippen LogP) is 13.0. The number of fused-ring (bicyclic) bond motifs is 1. The summed E-state index contributed by atoms with van der Waals surface area (Å²) in [7, 11) is 0. The molecule has 0 heterocycles. The first kappa shape index (κ1) is 29.1. The Kier molecular flexibility index (Phi) is 6.23. The molecule has 7 aliphatic rings. The molecular weight excluding hydrogens is 603 g/mol. The van der Waals surface area contributed by atoms with Gasteiger partial charge in [-0.2, -0.15) is 0 Å². The minimum atomic E-state index is 0.373. The summed E-state index contributed by atoms with van der Waals surface area (Å²) in [6, 6.07) is 54.5. The molecule has 0 spiro atoms. The van der Waals surface area contributed by atoms with Crippen molar-refractivity contribution in [2.24, 2.45) is 40.9 Å². The van der Waals surface area contributed by atoms with Crippen molar-refractivity contribution < 1.29 is 0 Å². The molecule has 0 radical (unpaired) electrons. The van der Waals surface area contributed by atoms with Crippen LogP contribution in [0, 0.1) is 40.9 Å². The molecule has 7 saturated carbocycles. The lowest BCUT2D eigenvalue weighted by Crippen LogP contribution is -2.74. The highest BCUT2D eigenvalue weighted by Crippen LogP contribution is 2.80. The first-order valence-electron chi connectivity index (χ1n) is 19.2. The van der Waals surface area contributed by atoms with Crippen molar-refractivity contribution in [3.8, 4) is 22.3 Å². The van der Waals surface area contributed by atoms with Crippen LogP contribution < -0.4 is 4.90 Å². The zero-order chi connectivity index (χ0) is 33.0. The smallest absolute Gasteiger partial charge is 0.0462 e. The van der Waals surface area contributed by atoms with Gasteiger partial charge in [-0.3, -0.25) is 0 Å². The molecule has 6 aromatic carbocycles. The van der Waals surface area contributed by atoms with Crippen LogP contribution in [0.15, 0.2) is 146 Å². The van der Waals surface area contributed by atoms with Gasteiger partial charge in [-0.05, 0) is 154 Å². The maximum atomic E-state index is 2.74. The average molecular weight is 648 g/mol. The Hall–Kier alpha value is -4.62. The third-order valence-corrected chi connectivity index (χ3v) is 14.9. The van der Waals surface area contributed by atoms with E-state index >= 15 is 0 Å². The largest absolute Gasteiger partial charge is 0.311 e. The average Bonchev–Trinajstić information content (AvgIpc) is 3.17. The first-order valence-corrected chi connectivity index (χ1v) is 19.2. The third kappa shape index (κ3) is 4.01. The summed E-state index contributed by atoms with van der Waals surface area (Å²) in [4.78, 5) is 2.46. The van der Waals surface area contributed by atoms with E-state index in [1.165, 1.54) is 82.2 Å². The van der Waals surface area contributed by atoms with Crippen molar-refractivity contribution in [2.45, 2.75) is 50.9 Å². The molecule has 7 fully saturated rings. The van der Waals surface area contributed by atoms with E-state index in [1.807, 2.05) is 0 Å². The van der Waals surface area contributed by atoms with Crippen molar-refractivity contribution in [1.82, 2.24) is 0 Å². The van der Waals surface area contributed by atoms with Crippen LogP contribution in [0.3, 0.4) is 0 Å².